The number of phenols is 1. The summed E-state index contributed by atoms with van der Waals surface area (Å²) in [4.78, 5) is 5.72. The maximum atomic E-state index is 9.79. The summed E-state index contributed by atoms with van der Waals surface area (Å²) in [7, 11) is 0. The zero-order chi connectivity index (χ0) is 13.8. The van der Waals surface area contributed by atoms with Crippen LogP contribution in [-0.4, -0.2) is 10.1 Å². The number of nitrogens with zero attached hydrogens (tertiary/aromatic N) is 1. The van der Waals surface area contributed by atoms with Crippen molar-refractivity contribution in [2.24, 2.45) is 0 Å². The molecule has 0 amide bonds. The number of phenolic OH excluding ortho intramolecular Hbond substituents is 1. The van der Waals surface area contributed by atoms with Gasteiger partial charge in [0.25, 0.3) is 0 Å². The molecule has 3 nitrogen and oxygen atoms in total. The second-order valence-electron chi connectivity index (χ2n) is 4.39. The Labute approximate surface area is 125 Å². The smallest absolute Gasteiger partial charge is 0.120 e. The van der Waals surface area contributed by atoms with Crippen molar-refractivity contribution in [2.45, 2.75) is 32.9 Å². The molecule has 1 heterocycles. The average molecular weight is 341 g/mol. The molecule has 0 radical (unpaired) electrons. The van der Waals surface area contributed by atoms with Crippen molar-refractivity contribution >= 4 is 27.3 Å². The maximum Gasteiger partial charge on any atom is 0.120 e. The van der Waals surface area contributed by atoms with E-state index in [-0.39, 0.29) is 6.04 Å². The van der Waals surface area contributed by atoms with Crippen molar-refractivity contribution in [2.75, 3.05) is 0 Å². The van der Waals surface area contributed by atoms with Crippen LogP contribution in [0.15, 0.2) is 28.9 Å². The van der Waals surface area contributed by atoms with Crippen LogP contribution in [0.25, 0.3) is 0 Å². The lowest BCUT2D eigenvalue weighted by Gasteiger charge is -2.12. The van der Waals surface area contributed by atoms with Crippen molar-refractivity contribution in [3.63, 3.8) is 0 Å². The number of halogens is 1. The minimum Gasteiger partial charge on any atom is -0.508 e. The summed E-state index contributed by atoms with van der Waals surface area (Å²) >= 11 is 5.15. The number of aryl methyl sites for hydroxylation is 1. The van der Waals surface area contributed by atoms with Gasteiger partial charge in [0.05, 0.1) is 6.04 Å². The van der Waals surface area contributed by atoms with Gasteiger partial charge in [-0.3, -0.25) is 0 Å². The van der Waals surface area contributed by atoms with Gasteiger partial charge < -0.3 is 10.4 Å². The van der Waals surface area contributed by atoms with E-state index in [4.69, 9.17) is 0 Å². The number of aromatic nitrogens is 1. The second kappa shape index (κ2) is 6.50. The van der Waals surface area contributed by atoms with Crippen molar-refractivity contribution < 1.29 is 5.11 Å². The molecule has 0 aliphatic carbocycles. The largest absolute Gasteiger partial charge is 0.508 e. The van der Waals surface area contributed by atoms with E-state index in [2.05, 4.69) is 40.1 Å². The highest BCUT2D eigenvalue weighted by Gasteiger charge is 2.10. The van der Waals surface area contributed by atoms with Crippen LogP contribution in [0.3, 0.4) is 0 Å². The fourth-order valence-corrected chi connectivity index (χ4v) is 3.02. The van der Waals surface area contributed by atoms with Gasteiger partial charge in [-0.1, -0.05) is 22.9 Å². The number of hydrogen-bond donors (Lipinski definition) is 2. The van der Waals surface area contributed by atoms with Crippen molar-refractivity contribution in [1.82, 2.24) is 10.3 Å². The first-order valence-electron chi connectivity index (χ1n) is 6.25. The molecule has 0 fully saturated rings. The molecule has 1 aromatic heterocycles. The highest BCUT2D eigenvalue weighted by molar-refractivity contribution is 9.10. The van der Waals surface area contributed by atoms with Gasteiger partial charge in [0.2, 0.25) is 0 Å². The van der Waals surface area contributed by atoms with Crippen LogP contribution in [0, 0.1) is 0 Å². The number of benzene rings is 1. The highest BCUT2D eigenvalue weighted by atomic mass is 79.9. The average Bonchev–Trinajstić information content (AvgIpc) is 2.88. The highest BCUT2D eigenvalue weighted by Crippen LogP contribution is 2.24. The van der Waals surface area contributed by atoms with Crippen LogP contribution in [0.4, 0.5) is 0 Å². The minimum absolute atomic E-state index is 0.184. The Kier molecular flexibility index (Phi) is 4.96. The molecule has 5 heteroatoms. The van der Waals surface area contributed by atoms with Gasteiger partial charge in [-0.05, 0) is 31.5 Å². The predicted octanol–water partition coefficient (Wildman–Crippen LogP) is 4.02. The Morgan fingerprint density at radius 3 is 2.95 bits per heavy atom. The number of aromatic hydroxyl groups is 1. The van der Waals surface area contributed by atoms with Crippen LogP contribution in [0.2, 0.25) is 0 Å². The van der Waals surface area contributed by atoms with Crippen molar-refractivity contribution in [3.05, 3.63) is 44.3 Å². The number of thiazole rings is 1. The fraction of sp³-hybridized carbons (Fsp3) is 0.357. The topological polar surface area (TPSA) is 45.2 Å². The lowest BCUT2D eigenvalue weighted by molar-refractivity contribution is 0.460. The van der Waals surface area contributed by atoms with Gasteiger partial charge in [0, 0.05) is 27.7 Å². The summed E-state index contributed by atoms with van der Waals surface area (Å²) in [5.74, 6) is 0.316. The summed E-state index contributed by atoms with van der Waals surface area (Å²) in [5.41, 5.74) is 0.883. The first-order chi connectivity index (χ1) is 9.10. The molecule has 1 unspecified atom stereocenters. The van der Waals surface area contributed by atoms with Crippen LogP contribution in [0.1, 0.15) is 35.3 Å². The molecule has 0 saturated heterocycles. The SMILES string of the molecule is CCc1cnc(C(C)NCc2cc(Br)ccc2O)s1. The molecule has 0 saturated carbocycles. The number of hydrogen-bond acceptors (Lipinski definition) is 4. The summed E-state index contributed by atoms with van der Waals surface area (Å²) in [6.07, 6.45) is 2.96. The monoisotopic (exact) mass is 340 g/mol. The predicted molar refractivity (Wildman–Crippen MR) is 82.6 cm³/mol. The van der Waals surface area contributed by atoms with E-state index in [0.717, 1.165) is 21.5 Å². The summed E-state index contributed by atoms with van der Waals surface area (Å²) in [6, 6.07) is 5.64. The Hall–Kier alpha value is -0.910. The second-order valence-corrected chi connectivity index (χ2v) is 6.46. The molecule has 2 rings (SSSR count). The standard InChI is InChI=1S/C14H17BrN2OS/c1-3-12-8-17-14(19-12)9(2)16-7-10-6-11(15)4-5-13(10)18/h4-6,8-9,16,18H,3,7H2,1-2H3. The van der Waals surface area contributed by atoms with Crippen molar-refractivity contribution in [3.8, 4) is 5.75 Å². The minimum atomic E-state index is 0.184. The molecule has 2 aromatic rings. The van der Waals surface area contributed by atoms with Gasteiger partial charge >= 0.3 is 0 Å². The quantitative estimate of drug-likeness (QED) is 0.863. The summed E-state index contributed by atoms with van der Waals surface area (Å²) < 4.78 is 0.970. The van der Waals surface area contributed by atoms with Crippen LogP contribution in [0.5, 0.6) is 5.75 Å². The van der Waals surface area contributed by atoms with E-state index in [1.807, 2.05) is 18.3 Å². The third-order valence-corrected chi connectivity index (χ3v) is 4.75. The van der Waals surface area contributed by atoms with Gasteiger partial charge in [-0.25, -0.2) is 4.98 Å². The zero-order valence-corrected chi connectivity index (χ0v) is 13.4. The van der Waals surface area contributed by atoms with E-state index >= 15 is 0 Å². The molecule has 1 atom stereocenters. The molecule has 1 aromatic carbocycles. The van der Waals surface area contributed by atoms with Crippen molar-refractivity contribution in [1.29, 1.82) is 0 Å². The van der Waals surface area contributed by atoms with Gasteiger partial charge in [-0.15, -0.1) is 11.3 Å². The summed E-state index contributed by atoms with van der Waals surface area (Å²) in [6.45, 7) is 4.84. The molecule has 0 aliphatic heterocycles. The first kappa shape index (κ1) is 14.5. The molecule has 19 heavy (non-hydrogen) atoms. The molecule has 102 valence electrons. The lowest BCUT2D eigenvalue weighted by Crippen LogP contribution is -2.17. The Morgan fingerprint density at radius 2 is 2.26 bits per heavy atom. The lowest BCUT2D eigenvalue weighted by atomic mass is 10.2. The van der Waals surface area contributed by atoms with Crippen LogP contribution in [-0.2, 0) is 13.0 Å². The molecule has 0 bridgehead atoms. The fourth-order valence-electron chi connectivity index (χ4n) is 1.73. The molecule has 0 spiro atoms. The zero-order valence-electron chi connectivity index (χ0n) is 11.0. The van der Waals surface area contributed by atoms with Crippen LogP contribution >= 0.6 is 27.3 Å². The van der Waals surface area contributed by atoms with E-state index in [1.165, 1.54) is 4.88 Å². The molecular weight excluding hydrogens is 324 g/mol. The van der Waals surface area contributed by atoms with E-state index in [1.54, 1.807) is 17.4 Å². The normalized spacial score (nSPS) is 12.6. The van der Waals surface area contributed by atoms with E-state index in [0.29, 0.717) is 12.3 Å². The third-order valence-electron chi connectivity index (χ3n) is 2.93. The number of nitrogens with one attached hydrogen (secondary N) is 1. The molecular formula is C14H17BrN2OS. The first-order valence-corrected chi connectivity index (χ1v) is 7.86. The molecule has 0 aliphatic rings. The summed E-state index contributed by atoms with van der Waals surface area (Å²) in [5, 5.41) is 14.3. The third kappa shape index (κ3) is 3.78. The van der Waals surface area contributed by atoms with E-state index in [9.17, 15) is 5.11 Å². The van der Waals surface area contributed by atoms with Gasteiger partial charge in [-0.2, -0.15) is 0 Å². The van der Waals surface area contributed by atoms with Crippen LogP contribution < -0.4 is 5.32 Å². The Bertz CT molecular complexity index is 556. The maximum absolute atomic E-state index is 9.79. The number of rotatable bonds is 5. The molecule has 2 N–H and O–H groups in total. The van der Waals surface area contributed by atoms with E-state index < -0.39 is 0 Å². The van der Waals surface area contributed by atoms with Gasteiger partial charge in [0.15, 0.2) is 0 Å². The Morgan fingerprint density at radius 1 is 1.47 bits per heavy atom. The Balaban J connectivity index is 1.99. The van der Waals surface area contributed by atoms with Gasteiger partial charge in [0.1, 0.15) is 10.8 Å².